The van der Waals surface area contributed by atoms with Crippen LogP contribution in [0.15, 0.2) is 40.7 Å². The first kappa shape index (κ1) is 21.3. The molecule has 0 bridgehead atoms. The number of benzene rings is 1. The average molecular weight is 417 g/mol. The Labute approximate surface area is 177 Å². The van der Waals surface area contributed by atoms with Crippen LogP contribution in [0.3, 0.4) is 0 Å². The highest BCUT2D eigenvalue weighted by Crippen LogP contribution is 2.28. The third kappa shape index (κ3) is 6.03. The molecule has 1 aromatic carbocycles. The number of guanidine groups is 1. The van der Waals surface area contributed by atoms with Gasteiger partial charge < -0.3 is 25.0 Å². The van der Waals surface area contributed by atoms with Gasteiger partial charge >= 0.3 is 0 Å². The van der Waals surface area contributed by atoms with Crippen molar-refractivity contribution in [2.24, 2.45) is 4.99 Å². The molecule has 0 radical (unpaired) electrons. The summed E-state index contributed by atoms with van der Waals surface area (Å²) >= 11 is 1.81. The molecule has 0 aliphatic carbocycles. The second kappa shape index (κ2) is 11.0. The number of rotatable bonds is 8. The summed E-state index contributed by atoms with van der Waals surface area (Å²) in [5.74, 6) is 2.39. The molecular weight excluding hydrogens is 384 g/mol. The molecular formula is C22H32N4O2S. The van der Waals surface area contributed by atoms with Crippen molar-refractivity contribution < 1.29 is 9.47 Å². The van der Waals surface area contributed by atoms with Gasteiger partial charge in [0.25, 0.3) is 0 Å². The molecule has 1 aliphatic heterocycles. The van der Waals surface area contributed by atoms with Gasteiger partial charge in [-0.25, -0.2) is 0 Å². The van der Waals surface area contributed by atoms with E-state index >= 15 is 0 Å². The molecule has 6 nitrogen and oxygen atoms in total. The first-order chi connectivity index (χ1) is 14.2. The lowest BCUT2D eigenvalue weighted by Crippen LogP contribution is -2.48. The Hall–Kier alpha value is -2.41. The second-order valence-electron chi connectivity index (χ2n) is 7.12. The molecule has 2 N–H and O–H groups in total. The molecule has 0 atom stereocenters. The van der Waals surface area contributed by atoms with Gasteiger partial charge in [0.15, 0.2) is 17.5 Å². The molecule has 0 saturated carbocycles. The lowest BCUT2D eigenvalue weighted by molar-refractivity contribution is 0.294. The monoisotopic (exact) mass is 416 g/mol. The highest BCUT2D eigenvalue weighted by Gasteiger charge is 2.20. The van der Waals surface area contributed by atoms with Crippen LogP contribution < -0.4 is 25.0 Å². The Morgan fingerprint density at radius 3 is 2.72 bits per heavy atom. The summed E-state index contributed by atoms with van der Waals surface area (Å²) < 4.78 is 11.2. The zero-order valence-corrected chi connectivity index (χ0v) is 18.4. The van der Waals surface area contributed by atoms with Crippen molar-refractivity contribution in [2.45, 2.75) is 38.8 Å². The van der Waals surface area contributed by atoms with Gasteiger partial charge in [0.2, 0.25) is 0 Å². The van der Waals surface area contributed by atoms with E-state index < -0.39 is 0 Å². The van der Waals surface area contributed by atoms with Gasteiger partial charge in [-0.2, -0.15) is 0 Å². The number of methoxy groups -OCH3 is 1. The minimum absolute atomic E-state index is 0.441. The Morgan fingerprint density at radius 2 is 2.07 bits per heavy atom. The molecule has 2 heterocycles. The minimum Gasteiger partial charge on any atom is -0.493 e. The van der Waals surface area contributed by atoms with Gasteiger partial charge in [-0.1, -0.05) is 13.0 Å². The van der Waals surface area contributed by atoms with E-state index in [1.54, 1.807) is 7.11 Å². The topological polar surface area (TPSA) is 58.1 Å². The number of thiophene rings is 1. The van der Waals surface area contributed by atoms with E-state index in [-0.39, 0.29) is 0 Å². The van der Waals surface area contributed by atoms with E-state index in [4.69, 9.17) is 9.47 Å². The number of aliphatic imine (C=N–C) groups is 1. The van der Waals surface area contributed by atoms with E-state index in [2.05, 4.69) is 51.0 Å². The molecule has 1 aliphatic rings. The zero-order valence-electron chi connectivity index (χ0n) is 17.6. The van der Waals surface area contributed by atoms with Crippen molar-refractivity contribution in [3.63, 3.8) is 0 Å². The van der Waals surface area contributed by atoms with Crippen LogP contribution in [0, 0.1) is 0 Å². The Bertz CT molecular complexity index is 771. The first-order valence-corrected chi connectivity index (χ1v) is 11.2. The van der Waals surface area contributed by atoms with Gasteiger partial charge in [-0.15, -0.1) is 11.3 Å². The molecule has 2 aromatic rings. The Balaban J connectivity index is 1.48. The lowest BCUT2D eigenvalue weighted by Gasteiger charge is -2.33. The SMILES string of the molecule is CCCOc1ccc(CNC(=NC)NC2CCN(c3cccs3)CC2)cc1OC. The van der Waals surface area contributed by atoms with Crippen LogP contribution in [-0.2, 0) is 6.54 Å². The molecule has 1 aromatic heterocycles. The van der Waals surface area contributed by atoms with E-state index in [1.807, 2.05) is 30.5 Å². The molecule has 1 fully saturated rings. The summed E-state index contributed by atoms with van der Waals surface area (Å²) in [6.45, 7) is 5.61. The van der Waals surface area contributed by atoms with E-state index in [0.717, 1.165) is 55.4 Å². The fourth-order valence-electron chi connectivity index (χ4n) is 3.42. The van der Waals surface area contributed by atoms with Crippen LogP contribution in [0.1, 0.15) is 31.7 Å². The quantitative estimate of drug-likeness (QED) is 0.505. The molecule has 0 amide bonds. The smallest absolute Gasteiger partial charge is 0.191 e. The predicted molar refractivity (Wildman–Crippen MR) is 122 cm³/mol. The van der Waals surface area contributed by atoms with Crippen LogP contribution in [0.2, 0.25) is 0 Å². The largest absolute Gasteiger partial charge is 0.493 e. The third-order valence-corrected chi connectivity index (χ3v) is 5.96. The van der Waals surface area contributed by atoms with E-state index in [9.17, 15) is 0 Å². The maximum atomic E-state index is 5.73. The summed E-state index contributed by atoms with van der Waals surface area (Å²) in [5.41, 5.74) is 1.13. The highest BCUT2D eigenvalue weighted by atomic mass is 32.1. The highest BCUT2D eigenvalue weighted by molar-refractivity contribution is 7.14. The number of ether oxygens (including phenoxy) is 2. The van der Waals surface area contributed by atoms with E-state index in [0.29, 0.717) is 19.2 Å². The van der Waals surface area contributed by atoms with Crippen LogP contribution in [0.5, 0.6) is 11.5 Å². The van der Waals surface area contributed by atoms with Crippen molar-refractivity contribution in [1.82, 2.24) is 10.6 Å². The lowest BCUT2D eigenvalue weighted by atomic mass is 10.1. The van der Waals surface area contributed by atoms with Crippen LogP contribution in [-0.4, -0.2) is 45.9 Å². The van der Waals surface area contributed by atoms with Crippen LogP contribution >= 0.6 is 11.3 Å². The Morgan fingerprint density at radius 1 is 1.24 bits per heavy atom. The van der Waals surface area contributed by atoms with Crippen molar-refractivity contribution >= 4 is 22.3 Å². The molecule has 1 saturated heterocycles. The van der Waals surface area contributed by atoms with Crippen molar-refractivity contribution in [3.05, 3.63) is 41.3 Å². The number of nitrogens with one attached hydrogen (secondary N) is 2. The Kier molecular flexibility index (Phi) is 8.04. The molecule has 29 heavy (non-hydrogen) atoms. The molecule has 0 unspecified atom stereocenters. The zero-order chi connectivity index (χ0) is 20.5. The fourth-order valence-corrected chi connectivity index (χ4v) is 4.21. The molecule has 158 valence electrons. The number of anilines is 1. The number of hydrogen-bond acceptors (Lipinski definition) is 5. The summed E-state index contributed by atoms with van der Waals surface area (Å²) in [7, 11) is 3.49. The summed E-state index contributed by atoms with van der Waals surface area (Å²) in [4.78, 5) is 6.86. The average Bonchev–Trinajstić information content (AvgIpc) is 3.30. The third-order valence-electron chi connectivity index (χ3n) is 5.03. The van der Waals surface area contributed by atoms with Crippen molar-refractivity contribution in [3.8, 4) is 11.5 Å². The van der Waals surface area contributed by atoms with Crippen molar-refractivity contribution in [1.29, 1.82) is 0 Å². The predicted octanol–water partition coefficient (Wildman–Crippen LogP) is 3.88. The minimum atomic E-state index is 0.441. The first-order valence-electron chi connectivity index (χ1n) is 10.3. The molecule has 3 rings (SSSR count). The maximum absolute atomic E-state index is 5.73. The van der Waals surface area contributed by atoms with Gasteiger partial charge in [0.05, 0.1) is 18.7 Å². The van der Waals surface area contributed by atoms with Gasteiger partial charge in [-0.05, 0) is 54.5 Å². The van der Waals surface area contributed by atoms with Gasteiger partial charge in [-0.3, -0.25) is 4.99 Å². The second-order valence-corrected chi connectivity index (χ2v) is 8.04. The molecule has 7 heteroatoms. The summed E-state index contributed by atoms with van der Waals surface area (Å²) in [5, 5.41) is 10.5. The number of nitrogens with zero attached hydrogens (tertiary/aromatic N) is 2. The van der Waals surface area contributed by atoms with E-state index in [1.165, 1.54) is 5.00 Å². The number of hydrogen-bond donors (Lipinski definition) is 2. The summed E-state index contributed by atoms with van der Waals surface area (Å²) in [6.07, 6.45) is 3.19. The van der Waals surface area contributed by atoms with Crippen LogP contribution in [0.4, 0.5) is 5.00 Å². The van der Waals surface area contributed by atoms with Gasteiger partial charge in [0, 0.05) is 32.7 Å². The molecule has 0 spiro atoms. The summed E-state index contributed by atoms with van der Waals surface area (Å²) in [6, 6.07) is 10.8. The standard InChI is InChI=1S/C22H32N4O2S/c1-4-13-28-19-8-7-17(15-20(19)27-3)16-24-22(23-2)25-18-9-11-26(12-10-18)21-6-5-14-29-21/h5-8,14-15,18H,4,9-13,16H2,1-3H3,(H2,23,24,25). The maximum Gasteiger partial charge on any atom is 0.191 e. The van der Waals surface area contributed by atoms with Crippen LogP contribution in [0.25, 0.3) is 0 Å². The number of piperidine rings is 1. The van der Waals surface area contributed by atoms with Crippen molar-refractivity contribution in [2.75, 3.05) is 38.8 Å². The van der Waals surface area contributed by atoms with Gasteiger partial charge in [0.1, 0.15) is 0 Å². The fraction of sp³-hybridized carbons (Fsp3) is 0.500. The normalized spacial score (nSPS) is 15.3.